The molecule has 0 unspecified atom stereocenters. The van der Waals surface area contributed by atoms with Gasteiger partial charge in [-0.2, -0.15) is 0 Å². The number of carbonyl (C=O) groups excluding carboxylic acids is 1. The second-order valence-corrected chi connectivity index (χ2v) is 11.4. The molecular formula is C30H41ClN8O2. The average molecular weight is 581 g/mol. The standard InChI is InChI=1S/C30H41ClN8O2/c1-4-6-25-20-38(28-21(3)34-26(19-33-28)29-35-36-30(41-29)32-5-2)17-18-39(25)24-11-14-37(15-12-24)16-13-27(40)22-7-9-23(31)10-8-22/h7-10,19,24-25H,4-6,11-18,20H2,1-3H3,(H,32,36)/t25-/m0/s1. The van der Waals surface area contributed by atoms with Gasteiger partial charge in [-0.25, -0.2) is 9.97 Å². The first-order valence-corrected chi connectivity index (χ1v) is 15.3. The number of rotatable bonds is 11. The zero-order chi connectivity index (χ0) is 28.8. The van der Waals surface area contributed by atoms with E-state index in [2.05, 4.69) is 37.1 Å². The Morgan fingerprint density at radius 2 is 1.88 bits per heavy atom. The van der Waals surface area contributed by atoms with Crippen molar-refractivity contribution in [2.24, 2.45) is 0 Å². The molecule has 220 valence electrons. The van der Waals surface area contributed by atoms with Gasteiger partial charge in [0.15, 0.2) is 5.78 Å². The van der Waals surface area contributed by atoms with E-state index in [0.717, 1.165) is 82.0 Å². The van der Waals surface area contributed by atoms with Crippen LogP contribution in [0.5, 0.6) is 0 Å². The van der Waals surface area contributed by atoms with Crippen LogP contribution >= 0.6 is 11.6 Å². The summed E-state index contributed by atoms with van der Waals surface area (Å²) in [5.41, 5.74) is 2.20. The fourth-order valence-electron chi connectivity index (χ4n) is 6.09. The molecule has 0 radical (unpaired) electrons. The van der Waals surface area contributed by atoms with Gasteiger partial charge in [0.05, 0.1) is 11.9 Å². The lowest BCUT2D eigenvalue weighted by Gasteiger charge is -2.48. The maximum absolute atomic E-state index is 12.6. The van der Waals surface area contributed by atoms with Crippen LogP contribution in [0, 0.1) is 6.92 Å². The van der Waals surface area contributed by atoms with Crippen molar-refractivity contribution in [1.82, 2.24) is 30.0 Å². The molecule has 2 aliphatic rings. The third-order valence-electron chi connectivity index (χ3n) is 8.19. The average Bonchev–Trinajstić information content (AvgIpc) is 3.46. The maximum atomic E-state index is 12.6. The number of Topliss-reactive ketones (excluding diaryl/α,β-unsaturated/α-hetero) is 1. The Kier molecular flexibility index (Phi) is 9.84. The summed E-state index contributed by atoms with van der Waals surface area (Å²) < 4.78 is 5.66. The Bertz CT molecular complexity index is 1290. The molecule has 11 heteroatoms. The van der Waals surface area contributed by atoms with Crippen molar-refractivity contribution in [3.05, 3.63) is 46.7 Å². The van der Waals surface area contributed by atoms with Crippen LogP contribution in [0.2, 0.25) is 5.02 Å². The van der Waals surface area contributed by atoms with E-state index in [-0.39, 0.29) is 5.78 Å². The van der Waals surface area contributed by atoms with Crippen LogP contribution in [-0.4, -0.2) is 93.6 Å². The normalized spacial score (nSPS) is 19.0. The highest BCUT2D eigenvalue weighted by atomic mass is 35.5. The molecule has 4 heterocycles. The molecule has 0 spiro atoms. The summed E-state index contributed by atoms with van der Waals surface area (Å²) in [6, 6.07) is 8.66. The highest BCUT2D eigenvalue weighted by molar-refractivity contribution is 6.30. The molecule has 0 bridgehead atoms. The van der Waals surface area contributed by atoms with E-state index in [1.54, 1.807) is 18.3 Å². The number of hydrogen-bond donors (Lipinski definition) is 1. The zero-order valence-electron chi connectivity index (χ0n) is 24.4. The van der Waals surface area contributed by atoms with Crippen LogP contribution in [0.4, 0.5) is 11.8 Å². The van der Waals surface area contributed by atoms with E-state index in [4.69, 9.17) is 26.0 Å². The van der Waals surface area contributed by atoms with Crippen LogP contribution in [-0.2, 0) is 0 Å². The third kappa shape index (κ3) is 7.23. The second-order valence-electron chi connectivity index (χ2n) is 11.0. The van der Waals surface area contributed by atoms with Gasteiger partial charge in [-0.3, -0.25) is 9.69 Å². The lowest BCUT2D eigenvalue weighted by molar-refractivity contribution is 0.0598. The molecule has 3 aromatic rings. The summed E-state index contributed by atoms with van der Waals surface area (Å²) in [5, 5.41) is 11.8. The number of hydrogen-bond acceptors (Lipinski definition) is 10. The Labute approximate surface area is 247 Å². The van der Waals surface area contributed by atoms with Crippen LogP contribution < -0.4 is 10.2 Å². The molecule has 10 nitrogen and oxygen atoms in total. The molecule has 2 saturated heterocycles. The smallest absolute Gasteiger partial charge is 0.315 e. The molecule has 5 rings (SSSR count). The monoisotopic (exact) mass is 580 g/mol. The van der Waals surface area contributed by atoms with E-state index in [9.17, 15) is 4.79 Å². The molecule has 1 aromatic carbocycles. The number of halogens is 1. The molecule has 2 fully saturated rings. The Morgan fingerprint density at radius 1 is 1.10 bits per heavy atom. The van der Waals surface area contributed by atoms with Crippen molar-refractivity contribution in [2.45, 2.75) is 65.0 Å². The van der Waals surface area contributed by atoms with Crippen molar-refractivity contribution in [1.29, 1.82) is 0 Å². The van der Waals surface area contributed by atoms with Gasteiger partial charge in [0.2, 0.25) is 0 Å². The van der Waals surface area contributed by atoms with Gasteiger partial charge >= 0.3 is 6.01 Å². The SMILES string of the molecule is CCC[C@H]1CN(c2ncc(-c3nnc(NCC)o3)nc2C)CCN1C1CCN(CCC(=O)c2ccc(Cl)cc2)CC1. The predicted octanol–water partition coefficient (Wildman–Crippen LogP) is 4.95. The number of ketones is 1. The molecule has 41 heavy (non-hydrogen) atoms. The Hall–Kier alpha value is -3.08. The van der Waals surface area contributed by atoms with Gasteiger partial charge in [0.1, 0.15) is 11.5 Å². The van der Waals surface area contributed by atoms with Gasteiger partial charge in [-0.15, -0.1) is 5.10 Å². The molecule has 0 saturated carbocycles. The summed E-state index contributed by atoms with van der Waals surface area (Å²) in [5.74, 6) is 1.49. The first-order valence-electron chi connectivity index (χ1n) is 14.9. The molecular weight excluding hydrogens is 540 g/mol. The number of benzene rings is 1. The number of likely N-dealkylation sites (tertiary alicyclic amines) is 1. The number of nitrogens with zero attached hydrogens (tertiary/aromatic N) is 7. The van der Waals surface area contributed by atoms with Crippen LogP contribution in [0.25, 0.3) is 11.6 Å². The molecule has 0 amide bonds. The van der Waals surface area contributed by atoms with Crippen molar-refractivity contribution in [2.75, 3.05) is 56.0 Å². The fraction of sp³-hybridized carbons (Fsp3) is 0.567. The topological polar surface area (TPSA) is 104 Å². The molecule has 2 aromatic heterocycles. The fourth-order valence-corrected chi connectivity index (χ4v) is 6.21. The number of aryl methyl sites for hydroxylation is 1. The summed E-state index contributed by atoms with van der Waals surface area (Å²) in [6.45, 7) is 12.7. The van der Waals surface area contributed by atoms with Gasteiger partial charge < -0.3 is 19.5 Å². The highest BCUT2D eigenvalue weighted by Gasteiger charge is 2.34. The Balaban J connectivity index is 1.15. The van der Waals surface area contributed by atoms with E-state index < -0.39 is 0 Å². The number of aromatic nitrogens is 4. The van der Waals surface area contributed by atoms with Gasteiger partial charge in [-0.1, -0.05) is 30.0 Å². The lowest BCUT2D eigenvalue weighted by atomic mass is 9.97. The van der Waals surface area contributed by atoms with Crippen LogP contribution in [0.3, 0.4) is 0 Å². The van der Waals surface area contributed by atoms with Gasteiger partial charge in [0.25, 0.3) is 5.89 Å². The highest BCUT2D eigenvalue weighted by Crippen LogP contribution is 2.28. The summed E-state index contributed by atoms with van der Waals surface area (Å²) in [7, 11) is 0. The first-order chi connectivity index (χ1) is 19.9. The summed E-state index contributed by atoms with van der Waals surface area (Å²) >= 11 is 5.96. The first kappa shape index (κ1) is 29.4. The second kappa shape index (κ2) is 13.7. The van der Waals surface area contributed by atoms with E-state index in [1.165, 1.54) is 0 Å². The molecule has 0 aliphatic carbocycles. The van der Waals surface area contributed by atoms with Crippen molar-refractivity contribution >= 4 is 29.2 Å². The van der Waals surface area contributed by atoms with E-state index in [1.807, 2.05) is 26.0 Å². The van der Waals surface area contributed by atoms with Crippen molar-refractivity contribution in [3.63, 3.8) is 0 Å². The van der Waals surface area contributed by atoms with Gasteiger partial charge in [-0.05, 0) is 70.5 Å². The van der Waals surface area contributed by atoms with Crippen molar-refractivity contribution < 1.29 is 9.21 Å². The number of piperazine rings is 1. The minimum Gasteiger partial charge on any atom is -0.402 e. The van der Waals surface area contributed by atoms with E-state index in [0.29, 0.717) is 47.7 Å². The molecule has 1 N–H and O–H groups in total. The predicted molar refractivity (Wildman–Crippen MR) is 162 cm³/mol. The van der Waals surface area contributed by atoms with Crippen molar-refractivity contribution in [3.8, 4) is 11.6 Å². The third-order valence-corrected chi connectivity index (χ3v) is 8.44. The van der Waals surface area contributed by atoms with E-state index >= 15 is 0 Å². The molecule has 2 aliphatic heterocycles. The van der Waals surface area contributed by atoms with Gasteiger partial charge in [0, 0.05) is 61.8 Å². The minimum atomic E-state index is 0.185. The minimum absolute atomic E-state index is 0.185. The van der Waals surface area contributed by atoms with Crippen LogP contribution in [0.15, 0.2) is 34.9 Å². The quantitative estimate of drug-likeness (QED) is 0.313. The largest absolute Gasteiger partial charge is 0.402 e. The zero-order valence-corrected chi connectivity index (χ0v) is 25.1. The number of anilines is 2. The number of piperidine rings is 1. The molecule has 1 atom stereocenters. The summed E-state index contributed by atoms with van der Waals surface area (Å²) in [6.07, 6.45) is 6.87. The Morgan fingerprint density at radius 3 is 2.59 bits per heavy atom. The number of carbonyl (C=O) groups is 1. The summed E-state index contributed by atoms with van der Waals surface area (Å²) in [4.78, 5) is 29.7. The number of nitrogens with one attached hydrogen (secondary N) is 1. The lowest BCUT2D eigenvalue weighted by Crippen LogP contribution is -2.58. The maximum Gasteiger partial charge on any atom is 0.315 e. The van der Waals surface area contributed by atoms with Crippen LogP contribution in [0.1, 0.15) is 62.0 Å².